The van der Waals surface area contributed by atoms with E-state index in [1.165, 1.54) is 5.56 Å². The van der Waals surface area contributed by atoms with Crippen LogP contribution in [0.1, 0.15) is 52.1 Å². The van der Waals surface area contributed by atoms with E-state index < -0.39 is 0 Å². The van der Waals surface area contributed by atoms with Gasteiger partial charge in [0.25, 0.3) is 5.91 Å². The van der Waals surface area contributed by atoms with Gasteiger partial charge in [-0.2, -0.15) is 10.2 Å². The van der Waals surface area contributed by atoms with Gasteiger partial charge in [-0.25, -0.2) is 14.3 Å². The average molecular weight is 350 g/mol. The van der Waals surface area contributed by atoms with Gasteiger partial charge in [-0.3, -0.25) is 4.79 Å². The quantitative estimate of drug-likeness (QED) is 0.788. The second-order valence-corrected chi connectivity index (χ2v) is 6.80. The van der Waals surface area contributed by atoms with Gasteiger partial charge in [-0.1, -0.05) is 17.7 Å². The van der Waals surface area contributed by atoms with E-state index in [1.807, 2.05) is 49.7 Å². The van der Waals surface area contributed by atoms with Crippen LogP contribution in [0, 0.1) is 20.8 Å². The Balaban J connectivity index is 1.57. The molecule has 7 nitrogen and oxygen atoms in total. The fraction of sp³-hybridized carbons (Fsp3) is 0.368. The van der Waals surface area contributed by atoms with Crippen molar-refractivity contribution in [2.24, 2.45) is 0 Å². The highest BCUT2D eigenvalue weighted by atomic mass is 16.1. The molecule has 26 heavy (non-hydrogen) atoms. The summed E-state index contributed by atoms with van der Waals surface area (Å²) in [5.41, 5.74) is 3.53. The molecule has 3 aromatic rings. The van der Waals surface area contributed by atoms with E-state index in [4.69, 9.17) is 0 Å². The highest BCUT2D eigenvalue weighted by molar-refractivity contribution is 5.95. The molecule has 1 aliphatic rings. The molecule has 2 aromatic heterocycles. The van der Waals surface area contributed by atoms with Crippen LogP contribution in [0.25, 0.3) is 5.69 Å². The first-order valence-electron chi connectivity index (χ1n) is 8.87. The summed E-state index contributed by atoms with van der Waals surface area (Å²) in [7, 11) is 0. The Kier molecular flexibility index (Phi) is 4.06. The van der Waals surface area contributed by atoms with Gasteiger partial charge in [0.1, 0.15) is 11.6 Å². The molecule has 4 rings (SSSR count). The maximum absolute atomic E-state index is 12.8. The number of nitrogens with zero attached hydrogens (tertiary/aromatic N) is 5. The van der Waals surface area contributed by atoms with Crippen molar-refractivity contribution in [1.82, 2.24) is 29.9 Å². The van der Waals surface area contributed by atoms with Crippen LogP contribution in [0.15, 0.2) is 30.5 Å². The number of carbonyl (C=O) groups excluding carboxylic acids is 1. The number of nitrogens with one attached hydrogen (secondary N) is 1. The first-order chi connectivity index (χ1) is 12.5. The van der Waals surface area contributed by atoms with Gasteiger partial charge in [-0.15, -0.1) is 0 Å². The molecule has 0 fully saturated rings. The number of aryl methyl sites for hydroxylation is 3. The van der Waals surface area contributed by atoms with E-state index in [0.717, 1.165) is 42.4 Å². The van der Waals surface area contributed by atoms with Crippen molar-refractivity contribution < 1.29 is 4.79 Å². The molecule has 0 aliphatic carbocycles. The first-order valence-corrected chi connectivity index (χ1v) is 8.87. The lowest BCUT2D eigenvalue weighted by atomic mass is 10.1. The number of aromatic nitrogens is 5. The Hall–Kier alpha value is -2.96. The van der Waals surface area contributed by atoms with Crippen LogP contribution in [-0.2, 0) is 6.54 Å². The highest BCUT2D eigenvalue weighted by Crippen LogP contribution is 2.24. The molecule has 134 valence electrons. The SMILES string of the molecule is Cc1ccc(-n2ncc(C(=O)N[C@@H]3CCCn4nc(C)nc43)c2C)cc1. The summed E-state index contributed by atoms with van der Waals surface area (Å²) in [6, 6.07) is 7.97. The molecule has 0 saturated carbocycles. The lowest BCUT2D eigenvalue weighted by molar-refractivity contribution is 0.0926. The third-order valence-electron chi connectivity index (χ3n) is 4.82. The minimum atomic E-state index is -0.125. The third kappa shape index (κ3) is 2.89. The van der Waals surface area contributed by atoms with Gasteiger partial charge in [0.05, 0.1) is 29.2 Å². The molecule has 0 spiro atoms. The average Bonchev–Trinajstić information content (AvgIpc) is 3.18. The van der Waals surface area contributed by atoms with E-state index >= 15 is 0 Å². The van der Waals surface area contributed by atoms with E-state index in [-0.39, 0.29) is 11.9 Å². The predicted octanol–water partition coefficient (Wildman–Crippen LogP) is 2.65. The van der Waals surface area contributed by atoms with Crippen molar-refractivity contribution in [1.29, 1.82) is 0 Å². The number of benzene rings is 1. The number of hydrogen-bond acceptors (Lipinski definition) is 4. The van der Waals surface area contributed by atoms with Crippen molar-refractivity contribution in [3.8, 4) is 5.69 Å². The largest absolute Gasteiger partial charge is 0.342 e. The summed E-state index contributed by atoms with van der Waals surface area (Å²) in [4.78, 5) is 17.3. The Bertz CT molecular complexity index is 953. The van der Waals surface area contributed by atoms with Crippen molar-refractivity contribution in [3.63, 3.8) is 0 Å². The molecule has 1 aromatic carbocycles. The summed E-state index contributed by atoms with van der Waals surface area (Å²) in [5, 5.41) is 11.9. The summed E-state index contributed by atoms with van der Waals surface area (Å²) in [5.74, 6) is 1.45. The van der Waals surface area contributed by atoms with Gasteiger partial charge in [0, 0.05) is 6.54 Å². The molecule has 3 heterocycles. The minimum Gasteiger partial charge on any atom is -0.342 e. The fourth-order valence-electron chi connectivity index (χ4n) is 3.42. The maximum atomic E-state index is 12.8. The summed E-state index contributed by atoms with van der Waals surface area (Å²) in [6.07, 6.45) is 3.47. The maximum Gasteiger partial charge on any atom is 0.255 e. The number of hydrogen-bond donors (Lipinski definition) is 1. The number of fused-ring (bicyclic) bond motifs is 1. The monoisotopic (exact) mass is 350 g/mol. The normalized spacial score (nSPS) is 16.3. The lowest BCUT2D eigenvalue weighted by Gasteiger charge is -2.23. The Morgan fingerprint density at radius 2 is 1.96 bits per heavy atom. The van der Waals surface area contributed by atoms with E-state index in [9.17, 15) is 4.79 Å². The number of rotatable bonds is 3. The first kappa shape index (κ1) is 16.5. The fourth-order valence-corrected chi connectivity index (χ4v) is 3.42. The Morgan fingerprint density at radius 3 is 2.73 bits per heavy atom. The molecule has 1 atom stereocenters. The minimum absolute atomic E-state index is 0.112. The summed E-state index contributed by atoms with van der Waals surface area (Å²) in [6.45, 7) is 6.69. The molecule has 0 radical (unpaired) electrons. The van der Waals surface area contributed by atoms with Gasteiger partial charge < -0.3 is 5.32 Å². The van der Waals surface area contributed by atoms with Crippen LogP contribution >= 0.6 is 0 Å². The van der Waals surface area contributed by atoms with Crippen molar-refractivity contribution in [2.45, 2.75) is 46.2 Å². The van der Waals surface area contributed by atoms with Crippen LogP contribution in [0.4, 0.5) is 0 Å². The predicted molar refractivity (Wildman–Crippen MR) is 97.2 cm³/mol. The Morgan fingerprint density at radius 1 is 1.19 bits per heavy atom. The molecular weight excluding hydrogens is 328 g/mol. The van der Waals surface area contributed by atoms with Crippen molar-refractivity contribution >= 4 is 5.91 Å². The van der Waals surface area contributed by atoms with E-state index in [1.54, 1.807) is 10.9 Å². The van der Waals surface area contributed by atoms with Gasteiger partial charge in [0.15, 0.2) is 0 Å². The van der Waals surface area contributed by atoms with E-state index in [0.29, 0.717) is 5.56 Å². The zero-order valence-electron chi connectivity index (χ0n) is 15.2. The summed E-state index contributed by atoms with van der Waals surface area (Å²) < 4.78 is 3.69. The van der Waals surface area contributed by atoms with E-state index in [2.05, 4.69) is 20.5 Å². The molecule has 0 bridgehead atoms. The highest BCUT2D eigenvalue weighted by Gasteiger charge is 2.26. The zero-order chi connectivity index (χ0) is 18.3. The van der Waals surface area contributed by atoms with Crippen LogP contribution in [-0.4, -0.2) is 30.5 Å². The Labute approximate surface area is 152 Å². The van der Waals surface area contributed by atoms with Crippen LogP contribution < -0.4 is 5.32 Å². The van der Waals surface area contributed by atoms with Crippen molar-refractivity contribution in [3.05, 3.63) is 58.9 Å². The zero-order valence-corrected chi connectivity index (χ0v) is 15.2. The molecule has 0 unspecified atom stereocenters. The third-order valence-corrected chi connectivity index (χ3v) is 4.82. The second kappa shape index (κ2) is 6.40. The molecule has 1 amide bonds. The second-order valence-electron chi connectivity index (χ2n) is 6.80. The van der Waals surface area contributed by atoms with Crippen LogP contribution in [0.2, 0.25) is 0 Å². The van der Waals surface area contributed by atoms with Crippen molar-refractivity contribution in [2.75, 3.05) is 0 Å². The molecule has 1 aliphatic heterocycles. The molecule has 7 heteroatoms. The number of carbonyl (C=O) groups is 1. The van der Waals surface area contributed by atoms with Gasteiger partial charge >= 0.3 is 0 Å². The smallest absolute Gasteiger partial charge is 0.255 e. The summed E-state index contributed by atoms with van der Waals surface area (Å²) >= 11 is 0. The van der Waals surface area contributed by atoms with Gasteiger partial charge in [0.2, 0.25) is 0 Å². The number of amides is 1. The molecule has 1 N–H and O–H groups in total. The van der Waals surface area contributed by atoms with Crippen LogP contribution in [0.3, 0.4) is 0 Å². The molecule has 0 saturated heterocycles. The van der Waals surface area contributed by atoms with Gasteiger partial charge in [-0.05, 0) is 45.7 Å². The van der Waals surface area contributed by atoms with Crippen LogP contribution in [0.5, 0.6) is 0 Å². The topological polar surface area (TPSA) is 77.6 Å². The lowest BCUT2D eigenvalue weighted by Crippen LogP contribution is -2.33. The standard InChI is InChI=1S/C19H22N6O/c1-12-6-8-15(9-7-12)25-13(2)16(11-20-25)19(26)22-17-5-4-10-24-18(17)21-14(3)23-24/h6-9,11,17H,4-5,10H2,1-3H3,(H,22,26)/t17-/m1/s1. The molecular formula is C19H22N6O.